The minimum absolute atomic E-state index is 0.0531. The van der Waals surface area contributed by atoms with E-state index in [0.29, 0.717) is 32.7 Å². The average Bonchev–Trinajstić information content (AvgIpc) is 2.89. The van der Waals surface area contributed by atoms with Crippen molar-refractivity contribution in [2.45, 2.75) is 13.1 Å². The van der Waals surface area contributed by atoms with E-state index in [9.17, 15) is 13.2 Å². The number of carbonyl (C=O) groups excluding carboxylic acids is 1. The second-order valence-electron chi connectivity index (χ2n) is 8.92. The van der Waals surface area contributed by atoms with Gasteiger partial charge in [-0.05, 0) is 22.8 Å². The van der Waals surface area contributed by atoms with Crippen LogP contribution in [0.5, 0.6) is 0 Å². The van der Waals surface area contributed by atoms with Gasteiger partial charge in [0.2, 0.25) is 15.9 Å². The number of morpholine rings is 1. The van der Waals surface area contributed by atoms with Crippen LogP contribution >= 0.6 is 0 Å². The van der Waals surface area contributed by atoms with Crippen LogP contribution < -0.4 is 5.32 Å². The molecule has 0 radical (unpaired) electrons. The molecule has 35 heavy (non-hydrogen) atoms. The number of piperazine rings is 1. The first-order valence-corrected chi connectivity index (χ1v) is 13.6. The van der Waals surface area contributed by atoms with Gasteiger partial charge in [0.1, 0.15) is 0 Å². The monoisotopic (exact) mass is 498 g/mol. The minimum atomic E-state index is -3.48. The molecule has 0 bridgehead atoms. The normalized spacial score (nSPS) is 18.6. The number of amides is 1. The van der Waals surface area contributed by atoms with Gasteiger partial charge in [0.25, 0.3) is 0 Å². The van der Waals surface area contributed by atoms with Crippen molar-refractivity contribution in [3.05, 3.63) is 76.7 Å². The van der Waals surface area contributed by atoms with Gasteiger partial charge < -0.3 is 10.1 Å². The summed E-state index contributed by atoms with van der Waals surface area (Å²) in [6.45, 7) is 6.98. The molecule has 9 heteroatoms. The number of nitrogens with zero attached hydrogens (tertiary/aromatic N) is 3. The lowest BCUT2D eigenvalue weighted by atomic mass is 10.1. The van der Waals surface area contributed by atoms with Crippen LogP contribution in [0.2, 0.25) is 0 Å². The minimum Gasteiger partial charge on any atom is -0.379 e. The van der Waals surface area contributed by atoms with E-state index in [-0.39, 0.29) is 12.5 Å². The highest BCUT2D eigenvalue weighted by Crippen LogP contribution is 2.12. The second-order valence-corrected chi connectivity index (χ2v) is 10.7. The largest absolute Gasteiger partial charge is 0.379 e. The molecule has 2 aliphatic rings. The third-order valence-electron chi connectivity index (χ3n) is 6.31. The summed E-state index contributed by atoms with van der Waals surface area (Å²) < 4.78 is 32.1. The fourth-order valence-corrected chi connectivity index (χ4v) is 5.37. The lowest BCUT2D eigenvalue weighted by Crippen LogP contribution is -2.50. The second kappa shape index (κ2) is 12.4. The number of ether oxygens (including phenoxy) is 1. The van der Waals surface area contributed by atoms with E-state index in [1.54, 1.807) is 6.08 Å². The number of hydrogen-bond donors (Lipinski definition) is 1. The summed E-state index contributed by atoms with van der Waals surface area (Å²) in [5.41, 5.74) is 3.16. The smallest absolute Gasteiger partial charge is 0.236 e. The Hall–Kier alpha value is -2.56. The highest BCUT2D eigenvalue weighted by Gasteiger charge is 2.25. The molecule has 2 aromatic carbocycles. The first-order chi connectivity index (χ1) is 17.0. The molecule has 0 atom stereocenters. The van der Waals surface area contributed by atoms with Crippen molar-refractivity contribution in [2.75, 3.05) is 59.0 Å². The molecule has 0 spiro atoms. The average molecular weight is 499 g/mol. The number of sulfonamides is 1. The van der Waals surface area contributed by atoms with Gasteiger partial charge in [-0.25, -0.2) is 8.42 Å². The quantitative estimate of drug-likeness (QED) is 0.567. The summed E-state index contributed by atoms with van der Waals surface area (Å²) in [5, 5.41) is 4.24. The molecule has 2 aromatic rings. The van der Waals surface area contributed by atoms with Gasteiger partial charge in [0.15, 0.2) is 0 Å². The van der Waals surface area contributed by atoms with E-state index >= 15 is 0 Å². The Morgan fingerprint density at radius 3 is 2.20 bits per heavy atom. The maximum absolute atomic E-state index is 12.6. The number of carbonyl (C=O) groups is 1. The van der Waals surface area contributed by atoms with Gasteiger partial charge in [0.05, 0.1) is 19.8 Å². The van der Waals surface area contributed by atoms with E-state index < -0.39 is 10.0 Å². The van der Waals surface area contributed by atoms with Crippen LogP contribution in [0.25, 0.3) is 6.08 Å². The molecule has 1 N–H and O–H groups in total. The third-order valence-corrected chi connectivity index (χ3v) is 7.88. The van der Waals surface area contributed by atoms with Crippen LogP contribution in [0, 0.1) is 0 Å². The Morgan fingerprint density at radius 2 is 1.51 bits per heavy atom. The van der Waals surface area contributed by atoms with Crippen molar-refractivity contribution in [3.8, 4) is 0 Å². The van der Waals surface area contributed by atoms with Crippen molar-refractivity contribution in [1.82, 2.24) is 19.4 Å². The first-order valence-electron chi connectivity index (χ1n) is 12.1. The van der Waals surface area contributed by atoms with E-state index in [4.69, 9.17) is 4.74 Å². The Kier molecular flexibility index (Phi) is 9.06. The molecule has 2 saturated heterocycles. The SMILES string of the molecule is O=C(CN1CCN(S(=O)(=O)C=Cc2ccccc2)CC1)NCc1ccc(CN2CCOCC2)cc1. The Bertz CT molecular complexity index is 1080. The molecule has 2 fully saturated rings. The molecule has 0 aliphatic carbocycles. The molecule has 4 rings (SSSR count). The van der Waals surface area contributed by atoms with Crippen LogP contribution in [-0.4, -0.2) is 87.5 Å². The number of hydrogen-bond acceptors (Lipinski definition) is 6. The Balaban J connectivity index is 1.17. The molecule has 0 unspecified atom stereocenters. The van der Waals surface area contributed by atoms with E-state index in [1.807, 2.05) is 35.2 Å². The summed E-state index contributed by atoms with van der Waals surface area (Å²) in [6, 6.07) is 17.7. The van der Waals surface area contributed by atoms with Crippen molar-refractivity contribution in [3.63, 3.8) is 0 Å². The van der Waals surface area contributed by atoms with Gasteiger partial charge in [-0.2, -0.15) is 4.31 Å². The van der Waals surface area contributed by atoms with Crippen LogP contribution in [0.1, 0.15) is 16.7 Å². The van der Waals surface area contributed by atoms with Crippen molar-refractivity contribution >= 4 is 22.0 Å². The van der Waals surface area contributed by atoms with Crippen molar-refractivity contribution in [1.29, 1.82) is 0 Å². The maximum atomic E-state index is 12.6. The standard InChI is InChI=1S/C26H34N4O4S/c31-26(27-20-24-6-8-25(9-7-24)21-29-15-17-34-18-16-29)22-28-11-13-30(14-12-28)35(32,33)19-10-23-4-2-1-3-5-23/h1-10,19H,11-18,20-22H2,(H,27,31). The topological polar surface area (TPSA) is 82.2 Å². The molecule has 1 amide bonds. The summed E-state index contributed by atoms with van der Waals surface area (Å²) >= 11 is 0. The predicted octanol–water partition coefficient (Wildman–Crippen LogP) is 1.75. The highest BCUT2D eigenvalue weighted by molar-refractivity contribution is 7.92. The summed E-state index contributed by atoms with van der Waals surface area (Å²) in [4.78, 5) is 16.8. The van der Waals surface area contributed by atoms with E-state index in [1.165, 1.54) is 15.3 Å². The van der Waals surface area contributed by atoms with Gasteiger partial charge in [-0.1, -0.05) is 54.6 Å². The molecule has 2 aliphatic heterocycles. The van der Waals surface area contributed by atoms with Gasteiger partial charge >= 0.3 is 0 Å². The van der Waals surface area contributed by atoms with Crippen molar-refractivity contribution < 1.29 is 17.9 Å². The summed E-state index contributed by atoms with van der Waals surface area (Å²) in [5.74, 6) is -0.0531. The van der Waals surface area contributed by atoms with Crippen LogP contribution in [-0.2, 0) is 32.6 Å². The maximum Gasteiger partial charge on any atom is 0.236 e. The van der Waals surface area contributed by atoms with Gasteiger partial charge in [0, 0.05) is 57.8 Å². The van der Waals surface area contributed by atoms with Gasteiger partial charge in [-0.15, -0.1) is 0 Å². The summed E-state index contributed by atoms with van der Waals surface area (Å²) in [6.07, 6.45) is 1.62. The summed E-state index contributed by atoms with van der Waals surface area (Å²) in [7, 11) is -3.48. The van der Waals surface area contributed by atoms with Crippen molar-refractivity contribution in [2.24, 2.45) is 0 Å². The zero-order valence-electron chi connectivity index (χ0n) is 20.0. The molecular weight excluding hydrogens is 464 g/mol. The lowest BCUT2D eigenvalue weighted by Gasteiger charge is -2.32. The number of rotatable bonds is 9. The lowest BCUT2D eigenvalue weighted by molar-refractivity contribution is -0.122. The fourth-order valence-electron chi connectivity index (χ4n) is 4.20. The van der Waals surface area contributed by atoms with Crippen LogP contribution in [0.15, 0.2) is 60.0 Å². The Morgan fingerprint density at radius 1 is 0.857 bits per heavy atom. The Labute approximate surface area is 208 Å². The molecule has 0 saturated carbocycles. The highest BCUT2D eigenvalue weighted by atomic mass is 32.2. The molecule has 0 aromatic heterocycles. The fraction of sp³-hybridized carbons (Fsp3) is 0.423. The number of nitrogens with one attached hydrogen (secondary N) is 1. The predicted molar refractivity (Wildman–Crippen MR) is 137 cm³/mol. The van der Waals surface area contributed by atoms with Gasteiger partial charge in [-0.3, -0.25) is 14.6 Å². The number of benzene rings is 2. The molecule has 188 valence electrons. The molecule has 8 nitrogen and oxygen atoms in total. The zero-order chi connectivity index (χ0) is 24.5. The molecule has 2 heterocycles. The third kappa shape index (κ3) is 7.98. The van der Waals surface area contributed by atoms with Crippen LogP contribution in [0.4, 0.5) is 0 Å². The van der Waals surface area contributed by atoms with E-state index in [0.717, 1.165) is 44.0 Å². The first kappa shape index (κ1) is 25.5. The van der Waals surface area contributed by atoms with E-state index in [2.05, 4.69) is 34.5 Å². The zero-order valence-corrected chi connectivity index (χ0v) is 20.8. The van der Waals surface area contributed by atoms with Crippen LogP contribution in [0.3, 0.4) is 0 Å². The molecular formula is C26H34N4O4S.